The highest BCUT2D eigenvalue weighted by Gasteiger charge is 2.17. The summed E-state index contributed by atoms with van der Waals surface area (Å²) < 4.78 is 0. The summed E-state index contributed by atoms with van der Waals surface area (Å²) in [5.74, 6) is 2.12. The molecule has 0 radical (unpaired) electrons. The molecule has 0 spiro atoms. The highest BCUT2D eigenvalue weighted by atomic mass is 32.2. The van der Waals surface area contributed by atoms with Crippen LogP contribution in [0.2, 0.25) is 0 Å². The second kappa shape index (κ2) is 10.3. The van der Waals surface area contributed by atoms with Crippen LogP contribution in [0.25, 0.3) is 10.2 Å². The zero-order valence-electron chi connectivity index (χ0n) is 17.0. The van der Waals surface area contributed by atoms with Crippen molar-refractivity contribution in [1.82, 2.24) is 15.3 Å². The fourth-order valence-electron chi connectivity index (χ4n) is 3.09. The standard InChI is InChI=1S/C20H31N3O2S2/c1-6-8-13(4)21-17(24)11-26-10-16-22-19(25)18-15(9-12(3)7-2)14(5)27-20(18)23-16/h12-13H,6-11H2,1-5H3,(H,21,24)(H,22,23,25)/t12-,13+/m0/s1. The van der Waals surface area contributed by atoms with Gasteiger partial charge in [0.25, 0.3) is 5.56 Å². The lowest BCUT2D eigenvalue weighted by atomic mass is 9.98. The van der Waals surface area contributed by atoms with Gasteiger partial charge in [0, 0.05) is 10.9 Å². The van der Waals surface area contributed by atoms with Gasteiger partial charge in [-0.2, -0.15) is 0 Å². The van der Waals surface area contributed by atoms with Crippen molar-refractivity contribution < 1.29 is 4.79 Å². The minimum atomic E-state index is -0.0562. The fourth-order valence-corrected chi connectivity index (χ4v) is 4.86. The van der Waals surface area contributed by atoms with Crippen molar-refractivity contribution in [3.63, 3.8) is 0 Å². The zero-order chi connectivity index (χ0) is 20.0. The summed E-state index contributed by atoms with van der Waals surface area (Å²) in [7, 11) is 0. The van der Waals surface area contributed by atoms with Gasteiger partial charge in [0.05, 0.1) is 16.9 Å². The third kappa shape index (κ3) is 6.07. The second-order valence-electron chi connectivity index (χ2n) is 7.30. The number of fused-ring (bicyclic) bond motifs is 1. The molecular formula is C20H31N3O2S2. The smallest absolute Gasteiger partial charge is 0.259 e. The molecule has 150 valence electrons. The van der Waals surface area contributed by atoms with Gasteiger partial charge in [0.15, 0.2) is 0 Å². The average molecular weight is 410 g/mol. The van der Waals surface area contributed by atoms with E-state index in [1.54, 1.807) is 11.3 Å². The number of aromatic nitrogens is 2. The normalized spacial score (nSPS) is 13.7. The maximum Gasteiger partial charge on any atom is 0.259 e. The van der Waals surface area contributed by atoms with Gasteiger partial charge < -0.3 is 10.3 Å². The molecule has 0 fully saturated rings. The van der Waals surface area contributed by atoms with E-state index in [2.05, 4.69) is 43.0 Å². The Balaban J connectivity index is 2.04. The van der Waals surface area contributed by atoms with E-state index < -0.39 is 0 Å². The predicted octanol–water partition coefficient (Wildman–Crippen LogP) is 4.42. The number of rotatable bonds is 10. The van der Waals surface area contributed by atoms with Crippen LogP contribution in [0.15, 0.2) is 4.79 Å². The Hall–Kier alpha value is -1.34. The van der Waals surface area contributed by atoms with E-state index in [1.807, 2.05) is 6.92 Å². The van der Waals surface area contributed by atoms with Crippen LogP contribution in [-0.4, -0.2) is 27.7 Å². The van der Waals surface area contributed by atoms with Crippen LogP contribution in [0.5, 0.6) is 0 Å². The molecule has 5 nitrogen and oxygen atoms in total. The van der Waals surface area contributed by atoms with E-state index in [9.17, 15) is 9.59 Å². The van der Waals surface area contributed by atoms with Crippen LogP contribution in [0.3, 0.4) is 0 Å². The van der Waals surface area contributed by atoms with Gasteiger partial charge in [-0.05, 0) is 38.2 Å². The number of aryl methyl sites for hydroxylation is 1. The Morgan fingerprint density at radius 3 is 2.74 bits per heavy atom. The van der Waals surface area contributed by atoms with E-state index >= 15 is 0 Å². The monoisotopic (exact) mass is 409 g/mol. The Kier molecular flexibility index (Phi) is 8.35. The number of aromatic amines is 1. The molecule has 27 heavy (non-hydrogen) atoms. The maximum absolute atomic E-state index is 12.6. The summed E-state index contributed by atoms with van der Waals surface area (Å²) in [5.41, 5.74) is 1.08. The Morgan fingerprint density at radius 1 is 1.33 bits per heavy atom. The first-order valence-corrected chi connectivity index (χ1v) is 11.7. The van der Waals surface area contributed by atoms with Crippen LogP contribution in [0.1, 0.15) is 63.2 Å². The number of thiophene rings is 1. The lowest BCUT2D eigenvalue weighted by Crippen LogP contribution is -2.33. The van der Waals surface area contributed by atoms with Crippen molar-refractivity contribution in [2.24, 2.45) is 5.92 Å². The summed E-state index contributed by atoms with van der Waals surface area (Å²) in [5, 5.41) is 3.74. The van der Waals surface area contributed by atoms with Crippen molar-refractivity contribution in [1.29, 1.82) is 0 Å². The zero-order valence-corrected chi connectivity index (χ0v) is 18.6. The van der Waals surface area contributed by atoms with Crippen molar-refractivity contribution in [2.45, 2.75) is 72.1 Å². The Labute approximate surface area is 169 Å². The molecule has 0 bridgehead atoms. The van der Waals surface area contributed by atoms with E-state index in [1.165, 1.54) is 16.6 Å². The molecule has 0 saturated heterocycles. The van der Waals surface area contributed by atoms with E-state index in [4.69, 9.17) is 0 Å². The molecule has 0 saturated carbocycles. The van der Waals surface area contributed by atoms with Gasteiger partial charge in [0.1, 0.15) is 10.7 Å². The Bertz CT molecular complexity index is 828. The molecule has 2 aromatic rings. The topological polar surface area (TPSA) is 74.8 Å². The minimum absolute atomic E-state index is 0.0344. The third-order valence-electron chi connectivity index (χ3n) is 4.76. The Morgan fingerprint density at radius 2 is 2.07 bits per heavy atom. The minimum Gasteiger partial charge on any atom is -0.353 e. The van der Waals surface area contributed by atoms with Gasteiger partial charge in [-0.15, -0.1) is 23.1 Å². The molecule has 0 aliphatic rings. The molecule has 0 aromatic carbocycles. The van der Waals surface area contributed by atoms with E-state index in [0.717, 1.165) is 41.5 Å². The van der Waals surface area contributed by atoms with Gasteiger partial charge >= 0.3 is 0 Å². The van der Waals surface area contributed by atoms with Gasteiger partial charge in [0.2, 0.25) is 5.91 Å². The molecule has 2 aromatic heterocycles. The maximum atomic E-state index is 12.6. The summed E-state index contributed by atoms with van der Waals surface area (Å²) >= 11 is 3.07. The molecule has 0 unspecified atom stereocenters. The number of nitrogens with zero attached hydrogens (tertiary/aromatic N) is 1. The first-order chi connectivity index (χ1) is 12.8. The van der Waals surface area contributed by atoms with Crippen molar-refractivity contribution in [3.8, 4) is 0 Å². The first-order valence-electron chi connectivity index (χ1n) is 9.73. The number of nitrogens with one attached hydrogen (secondary N) is 2. The van der Waals surface area contributed by atoms with Crippen LogP contribution < -0.4 is 10.9 Å². The number of hydrogen-bond donors (Lipinski definition) is 2. The summed E-state index contributed by atoms with van der Waals surface area (Å²) in [6.07, 6.45) is 4.05. The number of thioether (sulfide) groups is 1. The number of carbonyl (C=O) groups excluding carboxylic acids is 1. The number of hydrogen-bond acceptors (Lipinski definition) is 5. The largest absolute Gasteiger partial charge is 0.353 e. The van der Waals surface area contributed by atoms with Crippen molar-refractivity contribution in [3.05, 3.63) is 26.6 Å². The van der Waals surface area contributed by atoms with Crippen LogP contribution in [0, 0.1) is 12.8 Å². The fraction of sp³-hybridized carbons (Fsp3) is 0.650. The van der Waals surface area contributed by atoms with Gasteiger partial charge in [-0.3, -0.25) is 9.59 Å². The molecule has 2 rings (SSSR count). The quantitative estimate of drug-likeness (QED) is 0.609. The summed E-state index contributed by atoms with van der Waals surface area (Å²) in [6.45, 7) is 10.6. The number of amides is 1. The van der Waals surface area contributed by atoms with Gasteiger partial charge in [-0.1, -0.05) is 33.6 Å². The summed E-state index contributed by atoms with van der Waals surface area (Å²) in [6, 6.07) is 0.204. The predicted molar refractivity (Wildman–Crippen MR) is 117 cm³/mol. The van der Waals surface area contributed by atoms with Crippen LogP contribution in [0.4, 0.5) is 0 Å². The van der Waals surface area contributed by atoms with E-state index in [0.29, 0.717) is 23.2 Å². The number of carbonyl (C=O) groups is 1. The highest BCUT2D eigenvalue weighted by molar-refractivity contribution is 7.99. The molecule has 2 heterocycles. The van der Waals surface area contributed by atoms with Crippen molar-refractivity contribution >= 4 is 39.2 Å². The molecule has 0 aliphatic heterocycles. The molecule has 7 heteroatoms. The van der Waals surface area contributed by atoms with Crippen LogP contribution >= 0.6 is 23.1 Å². The summed E-state index contributed by atoms with van der Waals surface area (Å²) in [4.78, 5) is 34.2. The van der Waals surface area contributed by atoms with E-state index in [-0.39, 0.29) is 17.5 Å². The SMILES string of the molecule is CCC[C@@H](C)NC(=O)CSCc1nc2sc(C)c(C[C@@H](C)CC)c2c(=O)[nH]1. The number of H-pyrrole nitrogens is 1. The van der Waals surface area contributed by atoms with Crippen molar-refractivity contribution in [2.75, 3.05) is 5.75 Å². The molecule has 2 N–H and O–H groups in total. The lowest BCUT2D eigenvalue weighted by Gasteiger charge is -2.12. The molecule has 2 atom stereocenters. The van der Waals surface area contributed by atoms with Gasteiger partial charge in [-0.25, -0.2) is 4.98 Å². The highest BCUT2D eigenvalue weighted by Crippen LogP contribution is 2.29. The molecule has 1 amide bonds. The average Bonchev–Trinajstić information content (AvgIpc) is 2.90. The van der Waals surface area contributed by atoms with Crippen LogP contribution in [-0.2, 0) is 17.0 Å². The lowest BCUT2D eigenvalue weighted by molar-refractivity contribution is -0.119. The second-order valence-corrected chi connectivity index (χ2v) is 9.49. The first kappa shape index (κ1) is 22.0. The molecule has 0 aliphatic carbocycles. The molecular weight excluding hydrogens is 378 g/mol. The third-order valence-corrected chi connectivity index (χ3v) is 6.75.